The van der Waals surface area contributed by atoms with Gasteiger partial charge in [-0.3, -0.25) is 9.69 Å². The largest absolute Gasteiger partial charge is 0.493 e. The first-order valence-corrected chi connectivity index (χ1v) is 9.65. The molecule has 1 atom stereocenters. The molecule has 2 aromatic rings. The minimum atomic E-state index is -1.25. The summed E-state index contributed by atoms with van der Waals surface area (Å²) in [4.78, 5) is 14.4. The lowest BCUT2D eigenvalue weighted by Gasteiger charge is -2.33. The number of nitrogens with zero attached hydrogens (tertiary/aromatic N) is 1. The maximum atomic E-state index is 13.1. The number of ether oxygens (including phenoxy) is 2. The smallest absolute Gasteiger partial charge is 0.265 e. The van der Waals surface area contributed by atoms with Crippen molar-refractivity contribution >= 4 is 62.5 Å². The molecule has 0 saturated carbocycles. The zero-order valence-electron chi connectivity index (χ0n) is 14.9. The van der Waals surface area contributed by atoms with Crippen molar-refractivity contribution in [1.29, 1.82) is 0 Å². The van der Waals surface area contributed by atoms with Crippen molar-refractivity contribution in [3.63, 3.8) is 0 Å². The number of nitrogens with one attached hydrogen (secondary N) is 1. The Bertz CT molecular complexity index is 965. The second-order valence-electron chi connectivity index (χ2n) is 5.80. The molecule has 2 aromatic carbocycles. The van der Waals surface area contributed by atoms with E-state index in [2.05, 4.69) is 21.2 Å². The Hall–Kier alpha value is -2.13. The van der Waals surface area contributed by atoms with Crippen LogP contribution in [0.2, 0.25) is 5.02 Å². The van der Waals surface area contributed by atoms with E-state index in [4.69, 9.17) is 33.3 Å². The van der Waals surface area contributed by atoms with Crippen LogP contribution < -0.4 is 19.7 Å². The van der Waals surface area contributed by atoms with E-state index in [-0.39, 0.29) is 10.7 Å². The molecule has 1 fully saturated rings. The molecule has 1 amide bonds. The van der Waals surface area contributed by atoms with Crippen LogP contribution in [0.3, 0.4) is 0 Å². The van der Waals surface area contributed by atoms with Gasteiger partial charge in [0, 0.05) is 9.50 Å². The number of thiocarbonyl (C=S) groups is 1. The van der Waals surface area contributed by atoms with E-state index >= 15 is 0 Å². The van der Waals surface area contributed by atoms with E-state index in [0.717, 1.165) is 0 Å². The molecule has 9 heteroatoms. The molecule has 0 bridgehead atoms. The van der Waals surface area contributed by atoms with E-state index in [1.54, 1.807) is 42.5 Å². The summed E-state index contributed by atoms with van der Waals surface area (Å²) in [6.45, 7) is 0. The quantitative estimate of drug-likeness (QED) is 0.510. The van der Waals surface area contributed by atoms with Gasteiger partial charge in [-0.2, -0.15) is 0 Å². The Morgan fingerprint density at radius 2 is 1.82 bits per heavy atom. The number of rotatable bonds is 4. The van der Waals surface area contributed by atoms with Crippen LogP contribution in [-0.4, -0.2) is 36.6 Å². The van der Waals surface area contributed by atoms with Crippen LogP contribution in [0.4, 0.5) is 5.69 Å². The van der Waals surface area contributed by atoms with E-state index < -0.39 is 12.1 Å². The van der Waals surface area contributed by atoms with Gasteiger partial charge in [-0.15, -0.1) is 0 Å². The van der Waals surface area contributed by atoms with Gasteiger partial charge in [0.05, 0.1) is 25.5 Å². The average molecular weight is 484 g/mol. The lowest BCUT2D eigenvalue weighted by molar-refractivity contribution is -0.115. The maximum absolute atomic E-state index is 13.1. The summed E-state index contributed by atoms with van der Waals surface area (Å²) in [5, 5.41) is 13.8. The van der Waals surface area contributed by atoms with E-state index in [0.29, 0.717) is 32.2 Å². The molecule has 1 unspecified atom stereocenters. The molecule has 6 nitrogen and oxygen atoms in total. The molecule has 3 rings (SSSR count). The SMILES string of the molecule is COc1cc(Br)c(C=C2C(=O)N(c3ccc(Cl)cc3)C(=S)NC2O)cc1OC. The van der Waals surface area contributed by atoms with Crippen molar-refractivity contribution in [2.75, 3.05) is 19.1 Å². The lowest BCUT2D eigenvalue weighted by atomic mass is 10.1. The minimum Gasteiger partial charge on any atom is -0.493 e. The highest BCUT2D eigenvalue weighted by atomic mass is 79.9. The Morgan fingerprint density at radius 3 is 2.43 bits per heavy atom. The molecule has 146 valence electrons. The van der Waals surface area contributed by atoms with Crippen molar-refractivity contribution < 1.29 is 19.4 Å². The van der Waals surface area contributed by atoms with Crippen LogP contribution >= 0.6 is 39.7 Å². The zero-order valence-corrected chi connectivity index (χ0v) is 18.1. The highest BCUT2D eigenvalue weighted by molar-refractivity contribution is 9.10. The van der Waals surface area contributed by atoms with Gasteiger partial charge < -0.3 is 19.9 Å². The standard InChI is InChI=1S/C19H16BrClN2O4S/c1-26-15-8-10(14(20)9-16(15)27-2)7-13-17(24)22-19(28)23(18(13)25)12-5-3-11(21)4-6-12/h3-9,17,24H,1-2H3,(H,22,28). The van der Waals surface area contributed by atoms with Crippen LogP contribution in [0.1, 0.15) is 5.56 Å². The molecule has 0 aromatic heterocycles. The van der Waals surface area contributed by atoms with Crippen LogP contribution in [0, 0.1) is 0 Å². The van der Waals surface area contributed by atoms with Gasteiger partial charge in [-0.25, -0.2) is 0 Å². The number of amides is 1. The highest BCUT2D eigenvalue weighted by Gasteiger charge is 2.34. The van der Waals surface area contributed by atoms with Gasteiger partial charge in [0.25, 0.3) is 5.91 Å². The molecule has 28 heavy (non-hydrogen) atoms. The molecule has 2 N–H and O–H groups in total. The van der Waals surface area contributed by atoms with Gasteiger partial charge in [0.2, 0.25) is 0 Å². The third-order valence-corrected chi connectivity index (χ3v) is 5.35. The molecular weight excluding hydrogens is 468 g/mol. The number of aliphatic hydroxyl groups is 1. The number of halogens is 2. The molecule has 0 aliphatic carbocycles. The predicted molar refractivity (Wildman–Crippen MR) is 116 cm³/mol. The summed E-state index contributed by atoms with van der Waals surface area (Å²) < 4.78 is 11.2. The Balaban J connectivity index is 2.04. The molecule has 1 aliphatic heterocycles. The second-order valence-corrected chi connectivity index (χ2v) is 7.47. The second kappa shape index (κ2) is 8.48. The topological polar surface area (TPSA) is 71.0 Å². The van der Waals surface area contributed by atoms with Gasteiger partial charge >= 0.3 is 0 Å². The molecule has 1 aliphatic rings. The number of hydrogen-bond donors (Lipinski definition) is 2. The zero-order chi connectivity index (χ0) is 20.4. The van der Waals surface area contributed by atoms with Crippen molar-refractivity contribution in [1.82, 2.24) is 5.32 Å². The molecule has 1 saturated heterocycles. The number of anilines is 1. The number of hydrogen-bond acceptors (Lipinski definition) is 5. The Morgan fingerprint density at radius 1 is 1.21 bits per heavy atom. The Kier molecular flexibility index (Phi) is 6.24. The monoisotopic (exact) mass is 482 g/mol. The number of carbonyl (C=O) groups excluding carboxylic acids is 1. The average Bonchev–Trinajstić information content (AvgIpc) is 2.67. The summed E-state index contributed by atoms with van der Waals surface area (Å²) in [5.74, 6) is 0.586. The van der Waals surface area contributed by atoms with E-state index in [1.165, 1.54) is 19.1 Å². The fraction of sp³-hybridized carbons (Fsp3) is 0.158. The Labute approximate surface area is 180 Å². The summed E-state index contributed by atoms with van der Waals surface area (Å²) in [6.07, 6.45) is 0.319. The first kappa shape index (κ1) is 20.6. The molecule has 0 spiro atoms. The number of benzene rings is 2. The molecular formula is C19H16BrClN2O4S. The van der Waals surface area contributed by atoms with Crippen molar-refractivity contribution in [3.05, 3.63) is 57.0 Å². The van der Waals surface area contributed by atoms with Crippen molar-refractivity contribution in [2.45, 2.75) is 6.23 Å². The first-order valence-electron chi connectivity index (χ1n) is 8.07. The third kappa shape index (κ3) is 4.00. The third-order valence-electron chi connectivity index (χ3n) is 4.11. The van der Waals surface area contributed by atoms with Gasteiger partial charge in [0.1, 0.15) is 0 Å². The number of carbonyl (C=O) groups is 1. The minimum absolute atomic E-state index is 0.100. The summed E-state index contributed by atoms with van der Waals surface area (Å²) in [7, 11) is 3.05. The van der Waals surface area contributed by atoms with Gasteiger partial charge in [-0.05, 0) is 60.3 Å². The maximum Gasteiger partial charge on any atom is 0.265 e. The van der Waals surface area contributed by atoms with Crippen molar-refractivity contribution in [2.24, 2.45) is 0 Å². The van der Waals surface area contributed by atoms with Gasteiger partial charge in [-0.1, -0.05) is 27.5 Å². The summed E-state index contributed by atoms with van der Waals surface area (Å²) in [6, 6.07) is 10.1. The fourth-order valence-electron chi connectivity index (χ4n) is 2.71. The predicted octanol–water partition coefficient (Wildman–Crippen LogP) is 3.74. The van der Waals surface area contributed by atoms with Crippen LogP contribution in [0.5, 0.6) is 11.5 Å². The van der Waals surface area contributed by atoms with E-state index in [1.807, 2.05) is 0 Å². The number of aliphatic hydroxyl groups excluding tert-OH is 1. The fourth-order valence-corrected chi connectivity index (χ4v) is 3.57. The van der Waals surface area contributed by atoms with Crippen LogP contribution in [0.15, 0.2) is 46.4 Å². The van der Waals surface area contributed by atoms with Crippen LogP contribution in [-0.2, 0) is 4.79 Å². The highest BCUT2D eigenvalue weighted by Crippen LogP contribution is 2.35. The lowest BCUT2D eigenvalue weighted by Crippen LogP contribution is -2.56. The normalized spacial score (nSPS) is 18.2. The van der Waals surface area contributed by atoms with Crippen molar-refractivity contribution in [3.8, 4) is 11.5 Å². The van der Waals surface area contributed by atoms with Crippen LogP contribution in [0.25, 0.3) is 6.08 Å². The number of methoxy groups -OCH3 is 2. The van der Waals surface area contributed by atoms with Gasteiger partial charge in [0.15, 0.2) is 22.8 Å². The summed E-state index contributed by atoms with van der Waals surface area (Å²) >= 11 is 14.6. The first-order chi connectivity index (χ1) is 13.3. The summed E-state index contributed by atoms with van der Waals surface area (Å²) in [5.41, 5.74) is 1.29. The van der Waals surface area contributed by atoms with E-state index in [9.17, 15) is 9.90 Å². The molecule has 0 radical (unpaired) electrons. The molecule has 1 heterocycles.